The zero-order valence-corrected chi connectivity index (χ0v) is 13.4. The minimum atomic E-state index is -0.166. The van der Waals surface area contributed by atoms with Crippen molar-refractivity contribution in [2.24, 2.45) is 5.92 Å². The van der Waals surface area contributed by atoms with Crippen LogP contribution >= 0.6 is 0 Å². The molecule has 2 fully saturated rings. The summed E-state index contributed by atoms with van der Waals surface area (Å²) in [5.41, 5.74) is 0. The van der Waals surface area contributed by atoms with Gasteiger partial charge in [-0.15, -0.1) is 0 Å². The highest BCUT2D eigenvalue weighted by Crippen LogP contribution is 2.27. The van der Waals surface area contributed by atoms with E-state index in [0.717, 1.165) is 38.0 Å². The van der Waals surface area contributed by atoms with Crippen molar-refractivity contribution in [2.45, 2.75) is 95.7 Å². The summed E-state index contributed by atoms with van der Waals surface area (Å²) < 4.78 is 0. The Morgan fingerprint density at radius 2 is 1.76 bits per heavy atom. The molecular weight excluding hydrogens is 264 g/mol. The molecular formula is C17H32N2O2. The smallest absolute Gasteiger partial charge is 0.315 e. The van der Waals surface area contributed by atoms with Gasteiger partial charge < -0.3 is 15.7 Å². The van der Waals surface area contributed by atoms with Crippen molar-refractivity contribution in [1.29, 1.82) is 0 Å². The molecule has 0 heterocycles. The monoisotopic (exact) mass is 296 g/mol. The summed E-state index contributed by atoms with van der Waals surface area (Å²) in [6.07, 6.45) is 12.5. The molecule has 2 aliphatic carbocycles. The summed E-state index contributed by atoms with van der Waals surface area (Å²) in [6, 6.07) is 0.451. The Balaban J connectivity index is 1.58. The van der Waals surface area contributed by atoms with Crippen LogP contribution in [-0.4, -0.2) is 29.3 Å². The van der Waals surface area contributed by atoms with E-state index >= 15 is 0 Å². The minimum absolute atomic E-state index is 0.0347. The van der Waals surface area contributed by atoms with Crippen molar-refractivity contribution < 1.29 is 9.90 Å². The Kier molecular flexibility index (Phi) is 6.81. The summed E-state index contributed by atoms with van der Waals surface area (Å²) in [7, 11) is 0. The largest absolute Gasteiger partial charge is 0.393 e. The number of urea groups is 1. The summed E-state index contributed by atoms with van der Waals surface area (Å²) in [6.45, 7) is 2.10. The van der Waals surface area contributed by atoms with Gasteiger partial charge in [0.05, 0.1) is 6.10 Å². The first kappa shape index (κ1) is 16.6. The van der Waals surface area contributed by atoms with Crippen LogP contribution in [0.15, 0.2) is 0 Å². The average Bonchev–Trinajstić information content (AvgIpc) is 2.48. The number of carbonyl (C=O) groups excluding carboxylic acids is 1. The maximum atomic E-state index is 12.0. The fourth-order valence-corrected chi connectivity index (χ4v) is 3.70. The van der Waals surface area contributed by atoms with Crippen LogP contribution in [-0.2, 0) is 0 Å². The van der Waals surface area contributed by atoms with Crippen molar-refractivity contribution in [3.63, 3.8) is 0 Å². The number of nitrogens with one attached hydrogen (secondary N) is 2. The zero-order chi connectivity index (χ0) is 15.1. The third-order valence-corrected chi connectivity index (χ3v) is 5.14. The molecule has 0 aromatic heterocycles. The van der Waals surface area contributed by atoms with Gasteiger partial charge in [-0.05, 0) is 51.4 Å². The molecule has 0 aromatic carbocycles. The maximum absolute atomic E-state index is 12.0. The SMILES string of the molecule is CC(CCC1CCCCC1)NC(=O)NC1CCC(O)CC1. The first-order chi connectivity index (χ1) is 10.1. The molecule has 2 saturated carbocycles. The predicted molar refractivity (Wildman–Crippen MR) is 85.2 cm³/mol. The molecule has 0 radical (unpaired) electrons. The number of rotatable bonds is 5. The van der Waals surface area contributed by atoms with E-state index in [4.69, 9.17) is 0 Å². The second-order valence-corrected chi connectivity index (χ2v) is 7.11. The molecule has 4 heteroatoms. The number of amides is 2. The van der Waals surface area contributed by atoms with Crippen LogP contribution < -0.4 is 10.6 Å². The van der Waals surface area contributed by atoms with Gasteiger partial charge in [-0.1, -0.05) is 32.1 Å². The van der Waals surface area contributed by atoms with Crippen LogP contribution in [0.1, 0.15) is 77.6 Å². The highest BCUT2D eigenvalue weighted by Gasteiger charge is 2.21. The van der Waals surface area contributed by atoms with E-state index in [1.807, 2.05) is 0 Å². The fourth-order valence-electron chi connectivity index (χ4n) is 3.70. The van der Waals surface area contributed by atoms with Crippen LogP contribution in [0, 0.1) is 5.92 Å². The quantitative estimate of drug-likeness (QED) is 0.728. The molecule has 0 bridgehead atoms. The van der Waals surface area contributed by atoms with E-state index in [1.165, 1.54) is 38.5 Å². The zero-order valence-electron chi connectivity index (χ0n) is 13.4. The van der Waals surface area contributed by atoms with E-state index < -0.39 is 0 Å². The third kappa shape index (κ3) is 6.25. The van der Waals surface area contributed by atoms with Crippen molar-refractivity contribution in [2.75, 3.05) is 0 Å². The van der Waals surface area contributed by atoms with Crippen molar-refractivity contribution in [3.05, 3.63) is 0 Å². The van der Waals surface area contributed by atoms with Gasteiger partial charge in [0.25, 0.3) is 0 Å². The second kappa shape index (κ2) is 8.62. The number of hydrogen-bond acceptors (Lipinski definition) is 2. The summed E-state index contributed by atoms with van der Waals surface area (Å²) in [4.78, 5) is 12.0. The molecule has 2 rings (SSSR count). The van der Waals surface area contributed by atoms with Crippen LogP contribution in [0.25, 0.3) is 0 Å². The van der Waals surface area contributed by atoms with E-state index in [2.05, 4.69) is 17.6 Å². The lowest BCUT2D eigenvalue weighted by molar-refractivity contribution is 0.117. The third-order valence-electron chi connectivity index (χ3n) is 5.14. The van der Waals surface area contributed by atoms with Gasteiger partial charge in [0, 0.05) is 12.1 Å². The Labute approximate surface area is 129 Å². The molecule has 2 amide bonds. The molecule has 1 atom stereocenters. The minimum Gasteiger partial charge on any atom is -0.393 e. The highest BCUT2D eigenvalue weighted by atomic mass is 16.3. The van der Waals surface area contributed by atoms with Crippen molar-refractivity contribution >= 4 is 6.03 Å². The van der Waals surface area contributed by atoms with Crippen molar-refractivity contribution in [3.8, 4) is 0 Å². The molecule has 0 aliphatic heterocycles. The molecule has 0 aromatic rings. The number of carbonyl (C=O) groups is 1. The van der Waals surface area contributed by atoms with Crippen LogP contribution in [0.4, 0.5) is 4.79 Å². The lowest BCUT2D eigenvalue weighted by atomic mass is 9.85. The molecule has 0 spiro atoms. The molecule has 3 N–H and O–H groups in total. The van der Waals surface area contributed by atoms with Gasteiger partial charge >= 0.3 is 6.03 Å². The van der Waals surface area contributed by atoms with Gasteiger partial charge in [-0.3, -0.25) is 0 Å². The molecule has 21 heavy (non-hydrogen) atoms. The fraction of sp³-hybridized carbons (Fsp3) is 0.941. The van der Waals surface area contributed by atoms with E-state index in [9.17, 15) is 9.90 Å². The highest BCUT2D eigenvalue weighted by molar-refractivity contribution is 5.74. The van der Waals surface area contributed by atoms with Gasteiger partial charge in [-0.2, -0.15) is 0 Å². The lowest BCUT2D eigenvalue weighted by Gasteiger charge is -2.27. The molecule has 122 valence electrons. The van der Waals surface area contributed by atoms with Crippen LogP contribution in [0.2, 0.25) is 0 Å². The van der Waals surface area contributed by atoms with Crippen LogP contribution in [0.5, 0.6) is 0 Å². The molecule has 1 unspecified atom stereocenters. The summed E-state index contributed by atoms with van der Waals surface area (Å²) in [5.74, 6) is 0.880. The van der Waals surface area contributed by atoms with E-state index in [1.54, 1.807) is 0 Å². The lowest BCUT2D eigenvalue weighted by Crippen LogP contribution is -2.46. The first-order valence-corrected chi connectivity index (χ1v) is 8.88. The predicted octanol–water partition coefficient (Wildman–Crippen LogP) is 3.34. The molecule has 2 aliphatic rings. The Hall–Kier alpha value is -0.770. The number of aliphatic hydroxyl groups excluding tert-OH is 1. The summed E-state index contributed by atoms with van der Waals surface area (Å²) in [5, 5.41) is 15.6. The Morgan fingerprint density at radius 1 is 1.10 bits per heavy atom. The Morgan fingerprint density at radius 3 is 2.43 bits per heavy atom. The number of aliphatic hydroxyl groups is 1. The van der Waals surface area contributed by atoms with Crippen molar-refractivity contribution in [1.82, 2.24) is 10.6 Å². The van der Waals surface area contributed by atoms with Gasteiger partial charge in [0.1, 0.15) is 0 Å². The van der Waals surface area contributed by atoms with Crippen LogP contribution in [0.3, 0.4) is 0 Å². The van der Waals surface area contributed by atoms with E-state index in [-0.39, 0.29) is 24.2 Å². The standard InChI is InChI=1S/C17H32N2O2/c1-13(7-8-14-5-3-2-4-6-14)18-17(21)19-15-9-11-16(20)12-10-15/h13-16,20H,2-12H2,1H3,(H2,18,19,21). The normalized spacial score (nSPS) is 28.9. The van der Waals surface area contributed by atoms with Gasteiger partial charge in [-0.25, -0.2) is 4.79 Å². The van der Waals surface area contributed by atoms with Gasteiger partial charge in [0.15, 0.2) is 0 Å². The van der Waals surface area contributed by atoms with E-state index in [0.29, 0.717) is 0 Å². The Bertz CT molecular complexity index is 308. The first-order valence-electron chi connectivity index (χ1n) is 8.88. The summed E-state index contributed by atoms with van der Waals surface area (Å²) >= 11 is 0. The molecule has 4 nitrogen and oxygen atoms in total. The topological polar surface area (TPSA) is 61.4 Å². The van der Waals surface area contributed by atoms with Gasteiger partial charge in [0.2, 0.25) is 0 Å². The molecule has 0 saturated heterocycles. The average molecular weight is 296 g/mol. The number of hydrogen-bond donors (Lipinski definition) is 3. The maximum Gasteiger partial charge on any atom is 0.315 e. The second-order valence-electron chi connectivity index (χ2n) is 7.11.